The number of rotatable bonds is 3. The van der Waals surface area contributed by atoms with Crippen LogP contribution in [0.3, 0.4) is 0 Å². The fourth-order valence-corrected chi connectivity index (χ4v) is 7.30. The summed E-state index contributed by atoms with van der Waals surface area (Å²) in [5, 5.41) is 31.2. The van der Waals surface area contributed by atoms with Gasteiger partial charge in [0.1, 0.15) is 11.9 Å². The number of carbonyl (C=O) groups excluding carboxylic acids is 2. The van der Waals surface area contributed by atoms with E-state index in [-0.39, 0.29) is 29.7 Å². The zero-order valence-corrected chi connectivity index (χ0v) is 26.2. The Morgan fingerprint density at radius 2 is 1.80 bits per heavy atom. The van der Waals surface area contributed by atoms with Crippen LogP contribution in [0, 0.1) is 24.2 Å². The molecule has 0 unspecified atom stereocenters. The van der Waals surface area contributed by atoms with Crippen LogP contribution in [0.2, 0.25) is 0 Å². The van der Waals surface area contributed by atoms with Gasteiger partial charge >= 0.3 is 5.97 Å². The number of hydrogen-bond acceptors (Lipinski definition) is 10. The quantitative estimate of drug-likeness (QED) is 0.330. The molecule has 0 aromatic carbocycles. The molecule has 10 heteroatoms. The monoisotopic (exact) mass is 589 g/mol. The van der Waals surface area contributed by atoms with E-state index < -0.39 is 35.6 Å². The molecule has 8 nitrogen and oxygen atoms in total. The highest BCUT2D eigenvalue weighted by atomic mass is 32.1. The molecule has 220 valence electrons. The molecule has 0 aliphatic carbocycles. The number of ether oxygens (including phenoxy) is 1. The van der Waals surface area contributed by atoms with Gasteiger partial charge in [-0.2, -0.15) is 0 Å². The molecule has 0 saturated carbocycles. The fourth-order valence-electron chi connectivity index (χ4n) is 5.67. The molecular formula is C30H43N3O5S2. The van der Waals surface area contributed by atoms with Gasteiger partial charge in [-0.3, -0.25) is 9.59 Å². The maximum atomic E-state index is 13.3. The minimum absolute atomic E-state index is 0.0558. The van der Waals surface area contributed by atoms with Gasteiger partial charge in [0.2, 0.25) is 0 Å². The first kappa shape index (κ1) is 31.0. The fraction of sp³-hybridized carbons (Fsp3) is 0.667. The number of esters is 1. The zero-order chi connectivity index (χ0) is 29.4. The van der Waals surface area contributed by atoms with Crippen LogP contribution in [0.15, 0.2) is 16.3 Å². The van der Waals surface area contributed by atoms with Crippen LogP contribution in [0.4, 0.5) is 0 Å². The number of aliphatic hydroxyl groups excluding tert-OH is 2. The molecule has 2 fully saturated rings. The number of ketones is 1. The van der Waals surface area contributed by atoms with E-state index >= 15 is 0 Å². The van der Waals surface area contributed by atoms with E-state index in [1.54, 1.807) is 32.1 Å². The lowest BCUT2D eigenvalue weighted by Crippen LogP contribution is -2.45. The minimum Gasteiger partial charge on any atom is -0.458 e. The van der Waals surface area contributed by atoms with Gasteiger partial charge in [0.05, 0.1) is 29.7 Å². The maximum absolute atomic E-state index is 13.3. The molecule has 7 atom stereocenters. The second-order valence-electron chi connectivity index (χ2n) is 12.5. The Morgan fingerprint density at radius 1 is 1.12 bits per heavy atom. The third-order valence-electron chi connectivity index (χ3n) is 8.81. The summed E-state index contributed by atoms with van der Waals surface area (Å²) in [4.78, 5) is 35.7. The summed E-state index contributed by atoms with van der Waals surface area (Å²) in [7, 11) is 0. The smallest absolute Gasteiger partial charge is 0.309 e. The number of nitrogens with zero attached hydrogens (tertiary/aromatic N) is 2. The topological polar surface area (TPSA) is 132 Å². The van der Waals surface area contributed by atoms with E-state index in [0.29, 0.717) is 6.42 Å². The SMILES string of the molecule is C/C(=C\c1csc(-c2nc(C)cs2)n1)[C@@H]1C[C@@H]2N[C@]2(C)CCC[C@H](C)[C@H](O)[C@@H](C)C(=O)C(C)(C)[C@@H](O)CC(=O)O1. The molecule has 2 aromatic heterocycles. The van der Waals surface area contributed by atoms with Crippen molar-refractivity contribution in [2.75, 3.05) is 0 Å². The van der Waals surface area contributed by atoms with Crippen molar-refractivity contribution in [1.82, 2.24) is 15.3 Å². The Kier molecular flexibility index (Phi) is 9.36. The molecule has 4 rings (SSSR count). The Balaban J connectivity index is 1.57. The van der Waals surface area contributed by atoms with E-state index in [1.165, 1.54) is 11.3 Å². The molecule has 4 heterocycles. The molecule has 2 aliphatic rings. The van der Waals surface area contributed by atoms with Crippen molar-refractivity contribution in [2.45, 2.75) is 110 Å². The lowest BCUT2D eigenvalue weighted by atomic mass is 9.73. The van der Waals surface area contributed by atoms with Gasteiger partial charge in [-0.05, 0) is 51.2 Å². The number of thiazole rings is 2. The summed E-state index contributed by atoms with van der Waals surface area (Å²) in [5.41, 5.74) is 1.33. The van der Waals surface area contributed by atoms with Gasteiger partial charge in [0.25, 0.3) is 0 Å². The zero-order valence-electron chi connectivity index (χ0n) is 24.6. The lowest BCUT2D eigenvalue weighted by Gasteiger charge is -2.34. The van der Waals surface area contributed by atoms with E-state index in [4.69, 9.17) is 9.72 Å². The maximum Gasteiger partial charge on any atom is 0.309 e. The minimum atomic E-state index is -1.23. The third-order valence-corrected chi connectivity index (χ3v) is 10.8. The molecule has 3 N–H and O–H groups in total. The molecule has 2 aliphatic heterocycles. The van der Waals surface area contributed by atoms with E-state index in [9.17, 15) is 19.8 Å². The number of carbonyl (C=O) groups is 2. The summed E-state index contributed by atoms with van der Waals surface area (Å²) < 4.78 is 5.98. The molecule has 2 aromatic rings. The predicted molar refractivity (Wildman–Crippen MR) is 159 cm³/mol. The summed E-state index contributed by atoms with van der Waals surface area (Å²) >= 11 is 3.09. The molecular weight excluding hydrogens is 546 g/mol. The van der Waals surface area contributed by atoms with Crippen LogP contribution < -0.4 is 5.32 Å². The summed E-state index contributed by atoms with van der Waals surface area (Å²) in [6.07, 6.45) is 2.33. The number of aliphatic hydroxyl groups is 2. The van der Waals surface area contributed by atoms with Gasteiger partial charge in [-0.15, -0.1) is 22.7 Å². The average Bonchev–Trinajstić information content (AvgIpc) is 3.20. The molecule has 0 bridgehead atoms. The first-order valence-electron chi connectivity index (χ1n) is 14.1. The van der Waals surface area contributed by atoms with Crippen molar-refractivity contribution in [3.05, 3.63) is 27.7 Å². The number of nitrogens with one attached hydrogen (secondary N) is 1. The van der Waals surface area contributed by atoms with Crippen LogP contribution in [-0.2, 0) is 14.3 Å². The van der Waals surface area contributed by atoms with Gasteiger partial charge in [-0.25, -0.2) is 9.97 Å². The third kappa shape index (κ3) is 6.90. The van der Waals surface area contributed by atoms with Crippen LogP contribution in [0.1, 0.15) is 85.0 Å². The highest BCUT2D eigenvalue weighted by Gasteiger charge is 2.50. The summed E-state index contributed by atoms with van der Waals surface area (Å²) in [6.45, 7) is 13.0. The summed E-state index contributed by atoms with van der Waals surface area (Å²) in [5.74, 6) is -1.52. The standard InChI is InChI=1S/C30H43N3O5S2/c1-16-9-8-10-30(7)22(33-30)12-21(17(2)11-20-15-40-28(32-20)27-31-18(3)14-39-27)38-24(35)13-23(34)29(5,6)26(37)19(4)25(16)36/h11,14-16,19,21-23,25,33-34,36H,8-10,12-13H2,1-7H3/b17-11+/t16-,19+,21-,22-,23-,25-,30+/m0/s1. The number of fused-ring (bicyclic) bond motifs is 1. The van der Waals surface area contributed by atoms with Crippen molar-refractivity contribution in [2.24, 2.45) is 17.3 Å². The second-order valence-corrected chi connectivity index (χ2v) is 14.3. The van der Waals surface area contributed by atoms with Crippen molar-refractivity contribution >= 4 is 40.5 Å². The van der Waals surface area contributed by atoms with Crippen molar-refractivity contribution in [1.29, 1.82) is 0 Å². The molecule has 40 heavy (non-hydrogen) atoms. The van der Waals surface area contributed by atoms with Gasteiger partial charge in [-0.1, -0.05) is 34.1 Å². The predicted octanol–water partition coefficient (Wildman–Crippen LogP) is 5.17. The lowest BCUT2D eigenvalue weighted by molar-refractivity contribution is -0.154. The van der Waals surface area contributed by atoms with Gasteiger partial charge < -0.3 is 20.3 Å². The van der Waals surface area contributed by atoms with Crippen LogP contribution in [0.5, 0.6) is 0 Å². The van der Waals surface area contributed by atoms with Gasteiger partial charge in [0, 0.05) is 40.4 Å². The number of aromatic nitrogens is 2. The number of cyclic esters (lactones) is 1. The highest BCUT2D eigenvalue weighted by Crippen LogP contribution is 2.38. The van der Waals surface area contributed by atoms with Crippen molar-refractivity contribution in [3.63, 3.8) is 0 Å². The second kappa shape index (κ2) is 12.1. The average molecular weight is 590 g/mol. The van der Waals surface area contributed by atoms with Crippen LogP contribution in [-0.4, -0.2) is 61.8 Å². The van der Waals surface area contributed by atoms with Crippen LogP contribution in [0.25, 0.3) is 16.1 Å². The Hall–Kier alpha value is -1.98. The Bertz CT molecular complexity index is 1250. The Morgan fingerprint density at radius 3 is 2.48 bits per heavy atom. The first-order chi connectivity index (χ1) is 18.7. The Labute approximate surface area is 245 Å². The summed E-state index contributed by atoms with van der Waals surface area (Å²) in [6, 6.07) is 0.174. The van der Waals surface area contributed by atoms with Crippen molar-refractivity contribution < 1.29 is 24.5 Å². The van der Waals surface area contributed by atoms with Crippen LogP contribution >= 0.6 is 22.7 Å². The molecule has 0 spiro atoms. The van der Waals surface area contributed by atoms with E-state index in [0.717, 1.165) is 46.2 Å². The van der Waals surface area contributed by atoms with E-state index in [2.05, 4.69) is 17.2 Å². The van der Waals surface area contributed by atoms with Crippen molar-refractivity contribution in [3.8, 4) is 10.0 Å². The first-order valence-corrected chi connectivity index (χ1v) is 15.9. The number of aryl methyl sites for hydroxylation is 1. The number of Topliss-reactive ketones (excluding diaryl/α,β-unsaturated/α-hetero) is 1. The van der Waals surface area contributed by atoms with E-state index in [1.807, 2.05) is 37.6 Å². The van der Waals surface area contributed by atoms with Gasteiger partial charge in [0.15, 0.2) is 10.0 Å². The largest absolute Gasteiger partial charge is 0.458 e. The normalized spacial score (nSPS) is 34.3. The molecule has 2 saturated heterocycles. The highest BCUT2D eigenvalue weighted by molar-refractivity contribution is 7.19. The number of hydrogen-bond donors (Lipinski definition) is 3. The molecule has 0 radical (unpaired) electrons. The molecule has 0 amide bonds.